The Balaban J connectivity index is 2.49. The Morgan fingerprint density at radius 3 is 2.24 bits per heavy atom. The van der Waals surface area contributed by atoms with Gasteiger partial charge in [-0.3, -0.25) is 4.98 Å². The molecule has 2 nitrogen and oxygen atoms in total. The van der Waals surface area contributed by atoms with E-state index in [-0.39, 0.29) is 6.04 Å². The fourth-order valence-corrected chi connectivity index (χ4v) is 1.59. The standard InChI is InChI=1S/C13H12F2N2/c1-8(16)10-2-11(7-17-6-10)9-3-12(14)5-13(15)4-9/h2-8H,16H2,1H3. The molecule has 1 aromatic carbocycles. The molecule has 0 aliphatic carbocycles. The Hall–Kier alpha value is -1.81. The van der Waals surface area contributed by atoms with E-state index < -0.39 is 11.6 Å². The minimum Gasteiger partial charge on any atom is -0.324 e. The Labute approximate surface area is 98.1 Å². The zero-order chi connectivity index (χ0) is 12.4. The van der Waals surface area contributed by atoms with Crippen LogP contribution in [0.2, 0.25) is 0 Å². The van der Waals surface area contributed by atoms with Gasteiger partial charge in [-0.1, -0.05) is 0 Å². The molecule has 0 radical (unpaired) electrons. The van der Waals surface area contributed by atoms with Gasteiger partial charge in [-0.15, -0.1) is 0 Å². The van der Waals surface area contributed by atoms with Crippen molar-refractivity contribution in [1.29, 1.82) is 0 Å². The van der Waals surface area contributed by atoms with Gasteiger partial charge in [-0.25, -0.2) is 8.78 Å². The second-order valence-corrected chi connectivity index (χ2v) is 3.95. The van der Waals surface area contributed by atoms with Crippen LogP contribution >= 0.6 is 0 Å². The van der Waals surface area contributed by atoms with E-state index >= 15 is 0 Å². The van der Waals surface area contributed by atoms with Gasteiger partial charge in [0.15, 0.2) is 0 Å². The Morgan fingerprint density at radius 2 is 1.65 bits per heavy atom. The van der Waals surface area contributed by atoms with Crippen LogP contribution < -0.4 is 5.73 Å². The first-order chi connectivity index (χ1) is 8.06. The predicted octanol–water partition coefficient (Wildman–Crippen LogP) is 3.05. The highest BCUT2D eigenvalue weighted by Gasteiger charge is 2.06. The van der Waals surface area contributed by atoms with E-state index in [0.717, 1.165) is 11.6 Å². The number of nitrogens with two attached hydrogens (primary N) is 1. The van der Waals surface area contributed by atoms with Gasteiger partial charge < -0.3 is 5.73 Å². The van der Waals surface area contributed by atoms with Crippen molar-refractivity contribution in [3.63, 3.8) is 0 Å². The third kappa shape index (κ3) is 2.65. The van der Waals surface area contributed by atoms with Crippen LogP contribution in [-0.4, -0.2) is 4.98 Å². The molecule has 2 N–H and O–H groups in total. The summed E-state index contributed by atoms with van der Waals surface area (Å²) < 4.78 is 26.2. The zero-order valence-electron chi connectivity index (χ0n) is 9.32. The lowest BCUT2D eigenvalue weighted by molar-refractivity contribution is 0.584. The summed E-state index contributed by atoms with van der Waals surface area (Å²) >= 11 is 0. The SMILES string of the molecule is CC(N)c1cncc(-c2cc(F)cc(F)c2)c1. The van der Waals surface area contributed by atoms with E-state index in [0.29, 0.717) is 11.1 Å². The number of aromatic nitrogens is 1. The van der Waals surface area contributed by atoms with Gasteiger partial charge in [0.1, 0.15) is 11.6 Å². The summed E-state index contributed by atoms with van der Waals surface area (Å²) in [6, 6.07) is 5.00. The largest absolute Gasteiger partial charge is 0.324 e. The Kier molecular flexibility index (Phi) is 3.15. The van der Waals surface area contributed by atoms with Crippen LogP contribution in [-0.2, 0) is 0 Å². The molecule has 2 rings (SSSR count). The number of halogens is 2. The summed E-state index contributed by atoms with van der Waals surface area (Å²) in [5.74, 6) is -1.21. The van der Waals surface area contributed by atoms with Gasteiger partial charge >= 0.3 is 0 Å². The van der Waals surface area contributed by atoms with E-state index in [9.17, 15) is 8.78 Å². The Morgan fingerprint density at radius 1 is 1.00 bits per heavy atom. The molecule has 0 saturated heterocycles. The van der Waals surface area contributed by atoms with Crippen LogP contribution in [0.5, 0.6) is 0 Å². The number of benzene rings is 1. The van der Waals surface area contributed by atoms with E-state index in [4.69, 9.17) is 5.73 Å². The molecule has 0 spiro atoms. The highest BCUT2D eigenvalue weighted by molar-refractivity contribution is 5.63. The number of hydrogen-bond donors (Lipinski definition) is 1. The second-order valence-electron chi connectivity index (χ2n) is 3.95. The second kappa shape index (κ2) is 4.59. The smallest absolute Gasteiger partial charge is 0.126 e. The first kappa shape index (κ1) is 11.7. The van der Waals surface area contributed by atoms with Crippen molar-refractivity contribution in [3.05, 3.63) is 53.9 Å². The van der Waals surface area contributed by atoms with Gasteiger partial charge in [0, 0.05) is 30.1 Å². The van der Waals surface area contributed by atoms with Crippen LogP contribution in [0.15, 0.2) is 36.7 Å². The fraction of sp³-hybridized carbons (Fsp3) is 0.154. The van der Waals surface area contributed by atoms with E-state index in [1.807, 2.05) is 6.92 Å². The van der Waals surface area contributed by atoms with Gasteiger partial charge in [0.05, 0.1) is 0 Å². The van der Waals surface area contributed by atoms with Crippen molar-refractivity contribution < 1.29 is 8.78 Å². The first-order valence-corrected chi connectivity index (χ1v) is 5.23. The maximum Gasteiger partial charge on any atom is 0.126 e. The molecule has 0 aliphatic rings. The van der Waals surface area contributed by atoms with Crippen LogP contribution in [0.1, 0.15) is 18.5 Å². The molecular formula is C13H12F2N2. The van der Waals surface area contributed by atoms with Crippen molar-refractivity contribution in [3.8, 4) is 11.1 Å². The first-order valence-electron chi connectivity index (χ1n) is 5.23. The van der Waals surface area contributed by atoms with Gasteiger partial charge in [-0.05, 0) is 36.2 Å². The number of pyridine rings is 1. The summed E-state index contributed by atoms with van der Waals surface area (Å²) in [4.78, 5) is 4.02. The summed E-state index contributed by atoms with van der Waals surface area (Å²) in [5, 5.41) is 0. The normalized spacial score (nSPS) is 12.5. The monoisotopic (exact) mass is 234 g/mol. The van der Waals surface area contributed by atoms with Crippen LogP contribution in [0.4, 0.5) is 8.78 Å². The van der Waals surface area contributed by atoms with Crippen molar-refractivity contribution in [1.82, 2.24) is 4.98 Å². The number of hydrogen-bond acceptors (Lipinski definition) is 2. The fourth-order valence-electron chi connectivity index (χ4n) is 1.59. The molecule has 1 unspecified atom stereocenters. The van der Waals surface area contributed by atoms with E-state index in [1.165, 1.54) is 12.1 Å². The van der Waals surface area contributed by atoms with Gasteiger partial charge in [0.2, 0.25) is 0 Å². The van der Waals surface area contributed by atoms with Crippen molar-refractivity contribution in [2.75, 3.05) is 0 Å². The lowest BCUT2D eigenvalue weighted by Gasteiger charge is -2.08. The lowest BCUT2D eigenvalue weighted by Crippen LogP contribution is -2.05. The maximum atomic E-state index is 13.1. The zero-order valence-corrected chi connectivity index (χ0v) is 9.32. The molecule has 1 heterocycles. The van der Waals surface area contributed by atoms with Gasteiger partial charge in [0.25, 0.3) is 0 Å². The average molecular weight is 234 g/mol. The molecular weight excluding hydrogens is 222 g/mol. The molecule has 4 heteroatoms. The number of rotatable bonds is 2. The van der Waals surface area contributed by atoms with Crippen molar-refractivity contribution in [2.45, 2.75) is 13.0 Å². The molecule has 0 fully saturated rings. The molecule has 0 bridgehead atoms. The van der Waals surface area contributed by atoms with Crippen molar-refractivity contribution in [2.24, 2.45) is 5.73 Å². The summed E-state index contributed by atoms with van der Waals surface area (Å²) in [6.07, 6.45) is 3.20. The average Bonchev–Trinajstić information content (AvgIpc) is 2.28. The topological polar surface area (TPSA) is 38.9 Å². The summed E-state index contributed by atoms with van der Waals surface area (Å²) in [7, 11) is 0. The molecule has 1 atom stereocenters. The summed E-state index contributed by atoms with van der Waals surface area (Å²) in [6.45, 7) is 1.83. The third-order valence-electron chi connectivity index (χ3n) is 2.48. The highest BCUT2D eigenvalue weighted by Crippen LogP contribution is 2.23. The summed E-state index contributed by atoms with van der Waals surface area (Å²) in [5.41, 5.74) is 7.67. The molecule has 0 saturated carbocycles. The Bertz CT molecular complexity index is 518. The maximum absolute atomic E-state index is 13.1. The molecule has 88 valence electrons. The van der Waals surface area contributed by atoms with Gasteiger partial charge in [-0.2, -0.15) is 0 Å². The minimum atomic E-state index is -0.605. The molecule has 0 aliphatic heterocycles. The third-order valence-corrected chi connectivity index (χ3v) is 2.48. The molecule has 0 amide bonds. The highest BCUT2D eigenvalue weighted by atomic mass is 19.1. The molecule has 2 aromatic rings. The lowest BCUT2D eigenvalue weighted by atomic mass is 10.0. The van der Waals surface area contributed by atoms with Crippen molar-refractivity contribution >= 4 is 0 Å². The van der Waals surface area contributed by atoms with Crippen LogP contribution in [0.3, 0.4) is 0 Å². The van der Waals surface area contributed by atoms with E-state index in [1.54, 1.807) is 18.5 Å². The molecule has 17 heavy (non-hydrogen) atoms. The van der Waals surface area contributed by atoms with Crippen LogP contribution in [0, 0.1) is 11.6 Å². The number of nitrogens with zero attached hydrogens (tertiary/aromatic N) is 1. The van der Waals surface area contributed by atoms with Crippen LogP contribution in [0.25, 0.3) is 11.1 Å². The molecule has 1 aromatic heterocycles. The quantitative estimate of drug-likeness (QED) is 0.867. The van der Waals surface area contributed by atoms with E-state index in [2.05, 4.69) is 4.98 Å². The predicted molar refractivity (Wildman–Crippen MR) is 62.2 cm³/mol. The minimum absolute atomic E-state index is 0.166.